The third kappa shape index (κ3) is 8.63. The van der Waals surface area contributed by atoms with Gasteiger partial charge < -0.3 is 15.4 Å². The number of guanidine groups is 1. The highest BCUT2D eigenvalue weighted by Crippen LogP contribution is 2.28. The van der Waals surface area contributed by atoms with Gasteiger partial charge in [-0.25, -0.2) is 0 Å². The highest BCUT2D eigenvalue weighted by atomic mass is 127. The summed E-state index contributed by atoms with van der Waals surface area (Å²) in [6, 6.07) is 4.26. The van der Waals surface area contributed by atoms with Gasteiger partial charge in [-0.05, 0) is 43.6 Å². The fourth-order valence-electron chi connectivity index (χ4n) is 1.86. The van der Waals surface area contributed by atoms with Crippen molar-refractivity contribution in [1.82, 2.24) is 10.6 Å². The lowest BCUT2D eigenvalue weighted by molar-refractivity contribution is 0.131. The molecule has 0 spiro atoms. The molecule has 1 aliphatic carbocycles. The molecule has 21 heavy (non-hydrogen) atoms. The minimum Gasteiger partial charge on any atom is -0.379 e. The van der Waals surface area contributed by atoms with E-state index in [9.17, 15) is 0 Å². The Bertz CT molecular complexity index is 394. The van der Waals surface area contributed by atoms with Crippen LogP contribution in [0.25, 0.3) is 0 Å². The molecule has 0 aromatic carbocycles. The normalized spacial score (nSPS) is 14.6. The Morgan fingerprint density at radius 2 is 2.29 bits per heavy atom. The van der Waals surface area contributed by atoms with E-state index in [0.717, 1.165) is 51.1 Å². The molecule has 1 aromatic rings. The van der Waals surface area contributed by atoms with E-state index < -0.39 is 0 Å². The van der Waals surface area contributed by atoms with Crippen LogP contribution in [0.1, 0.15) is 24.6 Å². The molecule has 4 nitrogen and oxygen atoms in total. The molecule has 0 atom stereocenters. The zero-order chi connectivity index (χ0) is 14.0. The Morgan fingerprint density at radius 3 is 2.95 bits per heavy atom. The molecule has 0 unspecified atom stereocenters. The van der Waals surface area contributed by atoms with Crippen molar-refractivity contribution >= 4 is 41.3 Å². The first-order valence-corrected chi connectivity index (χ1v) is 8.38. The second-order valence-corrected chi connectivity index (χ2v) is 6.07. The SMILES string of the molecule is CCNC(=NCCOCC1CC1)NCCc1cccs1.I. The molecule has 0 amide bonds. The highest BCUT2D eigenvalue weighted by Gasteiger charge is 2.20. The van der Waals surface area contributed by atoms with E-state index >= 15 is 0 Å². The molecule has 0 radical (unpaired) electrons. The van der Waals surface area contributed by atoms with Gasteiger partial charge in [0.15, 0.2) is 5.96 Å². The molecular formula is C15H26IN3OS. The average Bonchev–Trinajstić information content (AvgIpc) is 3.13. The van der Waals surface area contributed by atoms with E-state index in [1.807, 2.05) is 0 Å². The van der Waals surface area contributed by atoms with Gasteiger partial charge in [0.25, 0.3) is 0 Å². The van der Waals surface area contributed by atoms with Crippen LogP contribution in [0, 0.1) is 5.92 Å². The first kappa shape index (κ1) is 18.7. The number of ether oxygens (including phenoxy) is 1. The van der Waals surface area contributed by atoms with Crippen molar-refractivity contribution in [3.63, 3.8) is 0 Å². The van der Waals surface area contributed by atoms with E-state index in [1.54, 1.807) is 11.3 Å². The Labute approximate surface area is 148 Å². The van der Waals surface area contributed by atoms with Crippen molar-refractivity contribution in [3.05, 3.63) is 22.4 Å². The highest BCUT2D eigenvalue weighted by molar-refractivity contribution is 14.0. The lowest BCUT2D eigenvalue weighted by Gasteiger charge is -2.10. The van der Waals surface area contributed by atoms with E-state index in [4.69, 9.17) is 4.74 Å². The zero-order valence-corrected chi connectivity index (χ0v) is 15.8. The van der Waals surface area contributed by atoms with Crippen LogP contribution >= 0.6 is 35.3 Å². The minimum atomic E-state index is 0. The summed E-state index contributed by atoms with van der Waals surface area (Å²) < 4.78 is 5.59. The van der Waals surface area contributed by atoms with Crippen LogP contribution in [0.5, 0.6) is 0 Å². The van der Waals surface area contributed by atoms with Gasteiger partial charge in [-0.2, -0.15) is 0 Å². The lowest BCUT2D eigenvalue weighted by Crippen LogP contribution is -2.38. The average molecular weight is 423 g/mol. The third-order valence-electron chi connectivity index (χ3n) is 3.14. The fraction of sp³-hybridized carbons (Fsp3) is 0.667. The molecule has 1 fully saturated rings. The Morgan fingerprint density at radius 1 is 1.43 bits per heavy atom. The molecule has 2 N–H and O–H groups in total. The maximum Gasteiger partial charge on any atom is 0.191 e. The first-order valence-electron chi connectivity index (χ1n) is 7.50. The van der Waals surface area contributed by atoms with Gasteiger partial charge >= 0.3 is 0 Å². The van der Waals surface area contributed by atoms with Gasteiger partial charge in [-0.1, -0.05) is 6.07 Å². The molecular weight excluding hydrogens is 397 g/mol. The van der Waals surface area contributed by atoms with Gasteiger partial charge in [0, 0.05) is 24.6 Å². The molecule has 6 heteroatoms. The predicted molar refractivity (Wildman–Crippen MR) is 101 cm³/mol. The van der Waals surface area contributed by atoms with E-state index in [0.29, 0.717) is 0 Å². The fourth-order valence-corrected chi connectivity index (χ4v) is 2.57. The number of rotatable bonds is 9. The number of thiophene rings is 1. The van der Waals surface area contributed by atoms with Crippen LogP contribution in [-0.4, -0.2) is 38.8 Å². The summed E-state index contributed by atoms with van der Waals surface area (Å²) in [5, 5.41) is 8.74. The molecule has 120 valence electrons. The second-order valence-electron chi connectivity index (χ2n) is 5.04. The predicted octanol–water partition coefficient (Wildman–Crippen LogP) is 2.89. The van der Waals surface area contributed by atoms with Gasteiger partial charge in [-0.3, -0.25) is 4.99 Å². The first-order chi connectivity index (χ1) is 9.88. The Hall–Kier alpha value is -0.340. The van der Waals surface area contributed by atoms with Crippen LogP contribution < -0.4 is 10.6 Å². The van der Waals surface area contributed by atoms with Crippen molar-refractivity contribution in [2.24, 2.45) is 10.9 Å². The lowest BCUT2D eigenvalue weighted by atomic mass is 10.3. The van der Waals surface area contributed by atoms with Crippen molar-refractivity contribution in [2.45, 2.75) is 26.2 Å². The van der Waals surface area contributed by atoms with Crippen molar-refractivity contribution in [3.8, 4) is 0 Å². The quantitative estimate of drug-likeness (QED) is 0.278. The number of aliphatic imine (C=N–C) groups is 1. The van der Waals surface area contributed by atoms with Crippen LogP contribution in [0.4, 0.5) is 0 Å². The topological polar surface area (TPSA) is 45.7 Å². The van der Waals surface area contributed by atoms with Crippen LogP contribution in [-0.2, 0) is 11.2 Å². The van der Waals surface area contributed by atoms with Gasteiger partial charge in [0.2, 0.25) is 0 Å². The maximum absolute atomic E-state index is 5.59. The summed E-state index contributed by atoms with van der Waals surface area (Å²) in [4.78, 5) is 5.93. The summed E-state index contributed by atoms with van der Waals surface area (Å²) in [6.45, 7) is 6.24. The summed E-state index contributed by atoms with van der Waals surface area (Å²) in [5.74, 6) is 1.72. The van der Waals surface area contributed by atoms with Gasteiger partial charge in [0.05, 0.1) is 13.2 Å². The van der Waals surface area contributed by atoms with Gasteiger partial charge in [-0.15, -0.1) is 35.3 Å². The number of hydrogen-bond acceptors (Lipinski definition) is 3. The third-order valence-corrected chi connectivity index (χ3v) is 4.08. The molecule has 2 rings (SSSR count). The van der Waals surface area contributed by atoms with Crippen LogP contribution in [0.3, 0.4) is 0 Å². The smallest absolute Gasteiger partial charge is 0.191 e. The largest absolute Gasteiger partial charge is 0.379 e. The number of nitrogens with one attached hydrogen (secondary N) is 2. The second kappa shape index (κ2) is 11.3. The molecule has 1 heterocycles. The molecule has 1 aromatic heterocycles. The van der Waals surface area contributed by atoms with Gasteiger partial charge in [0.1, 0.15) is 0 Å². The van der Waals surface area contributed by atoms with E-state index in [1.165, 1.54) is 17.7 Å². The van der Waals surface area contributed by atoms with Crippen molar-refractivity contribution in [1.29, 1.82) is 0 Å². The van der Waals surface area contributed by atoms with Crippen molar-refractivity contribution in [2.75, 3.05) is 32.8 Å². The van der Waals surface area contributed by atoms with Crippen LogP contribution in [0.2, 0.25) is 0 Å². The molecule has 1 aliphatic rings. The minimum absolute atomic E-state index is 0. The summed E-state index contributed by atoms with van der Waals surface area (Å²) >= 11 is 1.80. The Balaban J connectivity index is 0.00000220. The molecule has 0 bridgehead atoms. The van der Waals surface area contributed by atoms with E-state index in [2.05, 4.69) is 40.1 Å². The summed E-state index contributed by atoms with van der Waals surface area (Å²) in [5.41, 5.74) is 0. The molecule has 1 saturated carbocycles. The number of halogens is 1. The van der Waals surface area contributed by atoms with Crippen LogP contribution in [0.15, 0.2) is 22.5 Å². The van der Waals surface area contributed by atoms with E-state index in [-0.39, 0.29) is 24.0 Å². The number of nitrogens with zero attached hydrogens (tertiary/aromatic N) is 1. The zero-order valence-electron chi connectivity index (χ0n) is 12.6. The monoisotopic (exact) mass is 423 g/mol. The maximum atomic E-state index is 5.59. The number of hydrogen-bond donors (Lipinski definition) is 2. The summed E-state index contributed by atoms with van der Waals surface area (Å²) in [7, 11) is 0. The molecule has 0 aliphatic heterocycles. The van der Waals surface area contributed by atoms with Crippen molar-refractivity contribution < 1.29 is 4.74 Å². The molecule has 0 saturated heterocycles. The summed E-state index contributed by atoms with van der Waals surface area (Å²) in [6.07, 6.45) is 3.73. The standard InChI is InChI=1S/C15H25N3OS.HI/c1-2-16-15(17-8-7-14-4-3-11-20-14)18-9-10-19-12-13-5-6-13;/h3-4,11,13H,2,5-10,12H2,1H3,(H2,16,17,18);1H. The Kier molecular flexibility index (Phi) is 10.0.